The van der Waals surface area contributed by atoms with Gasteiger partial charge in [-0.1, -0.05) is 30.3 Å². The number of hydrogen-bond acceptors (Lipinski definition) is 12. The smallest absolute Gasteiger partial charge is 0.397 e. The SMILES string of the molecule is O=C(O)[C@@]1(OCc2ccccc2)C[C@@H](O)[C@@H](O)[C@@H](C(O)[C@H](COS(=O)(=O)O)OS(=O)(=O)O)O1. The summed E-state index contributed by atoms with van der Waals surface area (Å²) in [7, 11) is -10.5. The van der Waals surface area contributed by atoms with Crippen molar-refractivity contribution < 1.29 is 69.0 Å². The summed E-state index contributed by atoms with van der Waals surface area (Å²) in [5.41, 5.74) is 0.494. The van der Waals surface area contributed by atoms with Crippen molar-refractivity contribution in [1.29, 1.82) is 0 Å². The minimum atomic E-state index is -5.36. The van der Waals surface area contributed by atoms with Crippen molar-refractivity contribution in [3.8, 4) is 0 Å². The van der Waals surface area contributed by atoms with Crippen molar-refractivity contribution in [2.45, 2.75) is 49.3 Å². The molecule has 2 rings (SSSR count). The minimum absolute atomic E-state index is 0.352. The molecule has 6 N–H and O–H groups in total. The van der Waals surface area contributed by atoms with Crippen LogP contribution in [0.5, 0.6) is 0 Å². The summed E-state index contributed by atoms with van der Waals surface area (Å²) in [5.74, 6) is -4.42. The molecule has 0 bridgehead atoms. The Morgan fingerprint density at radius 3 is 2.24 bits per heavy atom. The van der Waals surface area contributed by atoms with E-state index >= 15 is 0 Å². The quantitative estimate of drug-likeness (QED) is 0.171. The van der Waals surface area contributed by atoms with Crippen molar-refractivity contribution in [2.75, 3.05) is 6.61 Å². The van der Waals surface area contributed by atoms with E-state index in [1.165, 1.54) is 0 Å². The van der Waals surface area contributed by atoms with Crippen LogP contribution in [0.3, 0.4) is 0 Å². The van der Waals surface area contributed by atoms with Crippen molar-refractivity contribution in [1.82, 2.24) is 0 Å². The molecule has 33 heavy (non-hydrogen) atoms. The molecule has 1 fully saturated rings. The van der Waals surface area contributed by atoms with E-state index in [4.69, 9.17) is 18.6 Å². The first-order valence-corrected chi connectivity index (χ1v) is 11.8. The number of aliphatic carboxylic acids is 1. The summed E-state index contributed by atoms with van der Waals surface area (Å²) in [6.45, 7) is -1.77. The summed E-state index contributed by atoms with van der Waals surface area (Å²) >= 11 is 0. The Morgan fingerprint density at radius 2 is 1.73 bits per heavy atom. The second-order valence-corrected chi connectivity index (χ2v) is 9.08. The summed E-state index contributed by atoms with van der Waals surface area (Å²) < 4.78 is 79.9. The number of benzene rings is 1. The van der Waals surface area contributed by atoms with Gasteiger partial charge in [-0.3, -0.25) is 9.11 Å². The Bertz CT molecular complexity index is 1010. The Kier molecular flexibility index (Phi) is 8.87. The maximum absolute atomic E-state index is 11.9. The molecule has 1 aromatic rings. The lowest BCUT2D eigenvalue weighted by Crippen LogP contribution is -2.64. The van der Waals surface area contributed by atoms with Crippen molar-refractivity contribution in [3.63, 3.8) is 0 Å². The van der Waals surface area contributed by atoms with E-state index in [1.54, 1.807) is 30.3 Å². The van der Waals surface area contributed by atoms with Gasteiger partial charge in [0, 0.05) is 6.42 Å². The van der Waals surface area contributed by atoms with Gasteiger partial charge in [0.05, 0.1) is 19.3 Å². The molecule has 1 aliphatic rings. The second kappa shape index (κ2) is 10.7. The van der Waals surface area contributed by atoms with Gasteiger partial charge in [-0.2, -0.15) is 16.8 Å². The van der Waals surface area contributed by atoms with Crippen LogP contribution in [0.25, 0.3) is 0 Å². The van der Waals surface area contributed by atoms with Crippen LogP contribution in [0.15, 0.2) is 30.3 Å². The molecule has 188 valence electrons. The van der Waals surface area contributed by atoms with Crippen LogP contribution in [-0.4, -0.2) is 95.3 Å². The average molecular weight is 518 g/mol. The van der Waals surface area contributed by atoms with Gasteiger partial charge in [0.1, 0.15) is 24.4 Å². The number of ether oxygens (including phenoxy) is 2. The van der Waals surface area contributed by atoms with E-state index < -0.39 is 76.1 Å². The Hall–Kier alpha value is -1.77. The van der Waals surface area contributed by atoms with E-state index in [2.05, 4.69) is 8.37 Å². The molecule has 0 amide bonds. The fourth-order valence-electron chi connectivity index (χ4n) is 3.00. The molecule has 0 aliphatic carbocycles. The summed E-state index contributed by atoms with van der Waals surface area (Å²) in [4.78, 5) is 11.9. The molecule has 1 unspecified atom stereocenters. The molecule has 1 aliphatic heterocycles. The number of carboxylic acid groups (broad SMARTS) is 1. The predicted octanol–water partition coefficient (Wildman–Crippen LogP) is -2.14. The van der Waals surface area contributed by atoms with Crippen molar-refractivity contribution in [3.05, 3.63) is 35.9 Å². The minimum Gasteiger partial charge on any atom is -0.477 e. The first-order chi connectivity index (χ1) is 15.1. The maximum atomic E-state index is 11.9. The van der Waals surface area contributed by atoms with Gasteiger partial charge in [0.15, 0.2) is 0 Å². The number of aliphatic hydroxyl groups excluding tert-OH is 3. The lowest BCUT2D eigenvalue weighted by Gasteiger charge is -2.44. The monoisotopic (exact) mass is 518 g/mol. The third-order valence-corrected chi connectivity index (χ3v) is 5.44. The third kappa shape index (κ3) is 7.90. The molecule has 0 saturated carbocycles. The molecule has 1 aromatic carbocycles. The standard InChI is InChI=1S/C16H22O15S2/c17-10-6-16(15(20)21,28-7-9-4-2-1-3-5-9)30-14(12(10)18)13(19)11(31-33(25,26)27)8-29-32(22,23)24/h1-5,10-14,17-19H,6-8H2,(H,20,21)(H,22,23,24)(H,25,26,27)/t10-,11+,12-,13?,14+,16-/m1/s1. The molecule has 0 spiro atoms. The van der Waals surface area contributed by atoms with Gasteiger partial charge in [0.25, 0.3) is 5.79 Å². The molecule has 17 heteroatoms. The van der Waals surface area contributed by atoms with Crippen LogP contribution in [0, 0.1) is 0 Å². The fraction of sp³-hybridized carbons (Fsp3) is 0.562. The molecule has 1 saturated heterocycles. The zero-order valence-corrected chi connectivity index (χ0v) is 18.2. The predicted molar refractivity (Wildman–Crippen MR) is 103 cm³/mol. The lowest BCUT2D eigenvalue weighted by molar-refractivity contribution is -0.329. The normalized spacial score (nSPS) is 28.2. The number of rotatable bonds is 11. The number of carboxylic acids is 1. The number of hydrogen-bond donors (Lipinski definition) is 6. The molecule has 1 heterocycles. The van der Waals surface area contributed by atoms with Gasteiger partial charge in [0.2, 0.25) is 0 Å². The lowest BCUT2D eigenvalue weighted by atomic mass is 9.90. The zero-order valence-electron chi connectivity index (χ0n) is 16.6. The first kappa shape index (κ1) is 27.5. The highest BCUT2D eigenvalue weighted by atomic mass is 32.3. The van der Waals surface area contributed by atoms with E-state index in [0.29, 0.717) is 5.56 Å². The van der Waals surface area contributed by atoms with Crippen LogP contribution in [-0.2, 0) is 50.0 Å². The van der Waals surface area contributed by atoms with Crippen molar-refractivity contribution in [2.24, 2.45) is 0 Å². The largest absolute Gasteiger partial charge is 0.477 e. The highest BCUT2D eigenvalue weighted by Gasteiger charge is 2.55. The van der Waals surface area contributed by atoms with Crippen LogP contribution in [0.4, 0.5) is 0 Å². The third-order valence-electron chi connectivity index (χ3n) is 4.52. The molecule has 6 atom stereocenters. The Morgan fingerprint density at radius 1 is 1.12 bits per heavy atom. The Balaban J connectivity index is 2.32. The van der Waals surface area contributed by atoms with Crippen molar-refractivity contribution >= 4 is 26.8 Å². The van der Waals surface area contributed by atoms with Gasteiger partial charge >= 0.3 is 26.8 Å². The summed E-state index contributed by atoms with van der Waals surface area (Å²) in [6.07, 6.45) is -11.7. The van der Waals surface area contributed by atoms with Gasteiger partial charge in [-0.15, -0.1) is 0 Å². The van der Waals surface area contributed by atoms with Gasteiger partial charge < -0.3 is 29.9 Å². The molecule has 15 nitrogen and oxygen atoms in total. The molecular weight excluding hydrogens is 496 g/mol. The molecular formula is C16H22O15S2. The summed E-state index contributed by atoms with van der Waals surface area (Å²) in [5, 5.41) is 40.6. The van der Waals surface area contributed by atoms with Crippen LogP contribution >= 0.6 is 0 Å². The molecule has 0 radical (unpaired) electrons. The Labute approximate surface area is 188 Å². The van der Waals surface area contributed by atoms with E-state index in [9.17, 15) is 42.1 Å². The number of carbonyl (C=O) groups is 1. The first-order valence-electron chi connectivity index (χ1n) is 9.04. The van der Waals surface area contributed by atoms with E-state index in [0.717, 1.165) is 0 Å². The average Bonchev–Trinajstić information content (AvgIpc) is 2.70. The highest BCUT2D eigenvalue weighted by molar-refractivity contribution is 7.81. The zero-order chi connectivity index (χ0) is 25.0. The van der Waals surface area contributed by atoms with Gasteiger partial charge in [-0.05, 0) is 5.56 Å². The van der Waals surface area contributed by atoms with E-state index in [-0.39, 0.29) is 6.61 Å². The van der Waals surface area contributed by atoms with Crippen LogP contribution < -0.4 is 0 Å². The van der Waals surface area contributed by atoms with Crippen LogP contribution in [0.1, 0.15) is 12.0 Å². The number of aliphatic hydroxyl groups is 3. The topological polar surface area (TPSA) is 244 Å². The second-order valence-electron chi connectivity index (χ2n) is 6.94. The fourth-order valence-corrected chi connectivity index (χ4v) is 3.78. The molecule has 0 aromatic heterocycles. The van der Waals surface area contributed by atoms with Gasteiger partial charge in [-0.25, -0.2) is 13.2 Å². The maximum Gasteiger partial charge on any atom is 0.397 e. The highest BCUT2D eigenvalue weighted by Crippen LogP contribution is 2.34. The van der Waals surface area contributed by atoms with Crippen LogP contribution in [0.2, 0.25) is 0 Å². The summed E-state index contributed by atoms with van der Waals surface area (Å²) in [6, 6.07) is 8.11. The van der Waals surface area contributed by atoms with E-state index in [1.807, 2.05) is 0 Å².